The molecule has 0 fully saturated rings. The fourth-order valence-electron chi connectivity index (χ4n) is 3.87. The fourth-order valence-corrected chi connectivity index (χ4v) is 5.76. The quantitative estimate of drug-likeness (QED) is 0.240. The van der Waals surface area contributed by atoms with Crippen molar-refractivity contribution in [2.75, 3.05) is 6.54 Å². The summed E-state index contributed by atoms with van der Waals surface area (Å²) in [6, 6.07) is 24.0. The van der Waals surface area contributed by atoms with Gasteiger partial charge in [0.2, 0.25) is 0 Å². The molecule has 0 aliphatic rings. The van der Waals surface area contributed by atoms with Gasteiger partial charge in [-0.25, -0.2) is 0 Å². The number of hydrogen-bond acceptors (Lipinski definition) is 6. The maximum Gasteiger partial charge on any atom is 0.320 e. The standard InChI is InChI=1S/C28H30N2O3S2/c1-20-6-4-7-21(16-20)19-33-25-9-3-2-8-22(25)17-30(14-13-24(29)28(31)32)18-23-11-12-27(35-23)26-10-5-15-34-26/h2-12,15-16,24H,13-14,17-19,29H2,1H3,(H,31,32)/t24-/m0/s1. The van der Waals surface area contributed by atoms with Gasteiger partial charge in [-0.1, -0.05) is 54.1 Å². The Morgan fingerprint density at radius 1 is 1.03 bits per heavy atom. The summed E-state index contributed by atoms with van der Waals surface area (Å²) < 4.78 is 6.20. The van der Waals surface area contributed by atoms with Gasteiger partial charge in [0.05, 0.1) is 0 Å². The molecule has 0 saturated carbocycles. The molecule has 182 valence electrons. The summed E-state index contributed by atoms with van der Waals surface area (Å²) in [5.41, 5.74) is 9.23. The van der Waals surface area contributed by atoms with Gasteiger partial charge in [0, 0.05) is 39.8 Å². The highest BCUT2D eigenvalue weighted by Gasteiger charge is 2.17. The van der Waals surface area contributed by atoms with Gasteiger partial charge in [-0.05, 0) is 48.6 Å². The number of carboxylic acids is 1. The first kappa shape index (κ1) is 25.1. The predicted molar refractivity (Wildman–Crippen MR) is 144 cm³/mol. The molecule has 0 amide bonds. The first-order chi connectivity index (χ1) is 17.0. The number of carbonyl (C=O) groups is 1. The van der Waals surface area contributed by atoms with Gasteiger partial charge in [0.15, 0.2) is 0 Å². The lowest BCUT2D eigenvalue weighted by atomic mass is 10.1. The molecular formula is C28H30N2O3S2. The lowest BCUT2D eigenvalue weighted by Crippen LogP contribution is -2.35. The van der Waals surface area contributed by atoms with Crippen molar-refractivity contribution in [3.8, 4) is 15.5 Å². The lowest BCUT2D eigenvalue weighted by Gasteiger charge is -2.24. The van der Waals surface area contributed by atoms with Crippen LogP contribution in [0.5, 0.6) is 5.75 Å². The van der Waals surface area contributed by atoms with Crippen LogP contribution in [0.2, 0.25) is 0 Å². The van der Waals surface area contributed by atoms with E-state index in [0.717, 1.165) is 16.9 Å². The van der Waals surface area contributed by atoms with Gasteiger partial charge in [0.25, 0.3) is 0 Å². The molecule has 3 N–H and O–H groups in total. The molecule has 2 aromatic heterocycles. The van der Waals surface area contributed by atoms with E-state index in [9.17, 15) is 9.90 Å². The molecule has 5 nitrogen and oxygen atoms in total. The van der Waals surface area contributed by atoms with Crippen LogP contribution in [0.25, 0.3) is 9.75 Å². The SMILES string of the molecule is Cc1cccc(COc2ccccc2CN(CC[C@H](N)C(=O)O)Cc2ccc(-c3cccs3)s2)c1. The monoisotopic (exact) mass is 506 g/mol. The highest BCUT2D eigenvalue weighted by atomic mass is 32.1. The second-order valence-electron chi connectivity index (χ2n) is 8.57. The Balaban J connectivity index is 1.48. The number of aliphatic carboxylic acids is 1. The molecule has 0 bridgehead atoms. The van der Waals surface area contributed by atoms with E-state index in [2.05, 4.69) is 65.7 Å². The minimum absolute atomic E-state index is 0.380. The topological polar surface area (TPSA) is 75.8 Å². The van der Waals surface area contributed by atoms with E-state index in [1.165, 1.54) is 20.2 Å². The predicted octanol–water partition coefficient (Wildman–Crippen LogP) is 6.17. The summed E-state index contributed by atoms with van der Waals surface area (Å²) >= 11 is 3.51. The number of carboxylic acid groups (broad SMARTS) is 1. The maximum atomic E-state index is 11.3. The minimum atomic E-state index is -0.969. The molecule has 35 heavy (non-hydrogen) atoms. The molecule has 2 aromatic carbocycles. The number of nitrogens with zero attached hydrogens (tertiary/aromatic N) is 1. The van der Waals surface area contributed by atoms with E-state index in [1.807, 2.05) is 24.3 Å². The molecule has 7 heteroatoms. The Hall–Kier alpha value is -2.97. The maximum absolute atomic E-state index is 11.3. The highest BCUT2D eigenvalue weighted by Crippen LogP contribution is 2.32. The van der Waals surface area contributed by atoms with Crippen LogP contribution in [0.1, 0.15) is 28.0 Å². The molecule has 1 atom stereocenters. The van der Waals surface area contributed by atoms with Gasteiger partial charge in [0.1, 0.15) is 18.4 Å². The molecule has 0 unspecified atom stereocenters. The van der Waals surface area contributed by atoms with Crippen LogP contribution in [-0.2, 0) is 24.5 Å². The first-order valence-electron chi connectivity index (χ1n) is 11.6. The first-order valence-corrected chi connectivity index (χ1v) is 13.3. The van der Waals surface area contributed by atoms with Gasteiger partial charge in [-0.15, -0.1) is 22.7 Å². The Labute approximate surface area is 214 Å². The smallest absolute Gasteiger partial charge is 0.320 e. The number of para-hydroxylation sites is 1. The molecule has 4 rings (SSSR count). The fraction of sp³-hybridized carbons (Fsp3) is 0.250. The number of hydrogen-bond donors (Lipinski definition) is 2. The molecular weight excluding hydrogens is 476 g/mol. The van der Waals surface area contributed by atoms with Gasteiger partial charge < -0.3 is 15.6 Å². The summed E-state index contributed by atoms with van der Waals surface area (Å²) in [5.74, 6) is -0.130. The zero-order chi connectivity index (χ0) is 24.6. The largest absolute Gasteiger partial charge is 0.489 e. The van der Waals surface area contributed by atoms with Gasteiger partial charge in [-0.3, -0.25) is 9.69 Å². The highest BCUT2D eigenvalue weighted by molar-refractivity contribution is 7.21. The normalized spacial score (nSPS) is 12.1. The zero-order valence-corrected chi connectivity index (χ0v) is 21.4. The van der Waals surface area contributed by atoms with Crippen molar-refractivity contribution in [1.29, 1.82) is 0 Å². The Morgan fingerprint density at radius 3 is 2.66 bits per heavy atom. The Kier molecular flexibility index (Phi) is 8.71. The lowest BCUT2D eigenvalue weighted by molar-refractivity contribution is -0.138. The summed E-state index contributed by atoms with van der Waals surface area (Å²) in [5, 5.41) is 11.4. The van der Waals surface area contributed by atoms with Crippen molar-refractivity contribution in [1.82, 2.24) is 4.90 Å². The molecule has 4 aromatic rings. The van der Waals surface area contributed by atoms with E-state index < -0.39 is 12.0 Å². The van der Waals surface area contributed by atoms with Crippen molar-refractivity contribution < 1.29 is 14.6 Å². The number of nitrogens with two attached hydrogens (primary N) is 1. The second-order valence-corrected chi connectivity index (χ2v) is 10.7. The van der Waals surface area contributed by atoms with Crippen molar-refractivity contribution in [2.24, 2.45) is 5.73 Å². The molecule has 0 aliphatic carbocycles. The average molecular weight is 507 g/mol. The molecule has 0 radical (unpaired) electrons. The minimum Gasteiger partial charge on any atom is -0.489 e. The number of benzene rings is 2. The third kappa shape index (κ3) is 7.26. The second kappa shape index (κ2) is 12.1. The number of rotatable bonds is 12. The van der Waals surface area contributed by atoms with E-state index in [4.69, 9.17) is 10.5 Å². The Morgan fingerprint density at radius 2 is 1.89 bits per heavy atom. The van der Waals surface area contributed by atoms with E-state index in [1.54, 1.807) is 22.7 Å². The summed E-state index contributed by atoms with van der Waals surface area (Å²) in [6.07, 6.45) is 0.380. The van der Waals surface area contributed by atoms with E-state index in [0.29, 0.717) is 32.7 Å². The van der Waals surface area contributed by atoms with Crippen molar-refractivity contribution >= 4 is 28.6 Å². The molecule has 0 saturated heterocycles. The number of thiophene rings is 2. The van der Waals surface area contributed by atoms with Crippen molar-refractivity contribution in [3.63, 3.8) is 0 Å². The third-order valence-corrected chi connectivity index (χ3v) is 7.86. The summed E-state index contributed by atoms with van der Waals surface area (Å²) in [4.78, 5) is 17.3. The van der Waals surface area contributed by atoms with Crippen molar-refractivity contribution in [3.05, 3.63) is 99.7 Å². The summed E-state index contributed by atoms with van der Waals surface area (Å²) in [6.45, 7) is 4.51. The Bertz CT molecular complexity index is 1240. The van der Waals surface area contributed by atoms with Gasteiger partial charge >= 0.3 is 5.97 Å². The number of aryl methyl sites for hydroxylation is 1. The van der Waals surface area contributed by atoms with Crippen LogP contribution in [0.3, 0.4) is 0 Å². The van der Waals surface area contributed by atoms with Crippen LogP contribution in [0.4, 0.5) is 0 Å². The molecule has 0 spiro atoms. The van der Waals surface area contributed by atoms with Crippen LogP contribution in [-0.4, -0.2) is 28.6 Å². The number of ether oxygens (including phenoxy) is 1. The van der Waals surface area contributed by atoms with Crippen LogP contribution in [0, 0.1) is 6.92 Å². The van der Waals surface area contributed by atoms with Crippen LogP contribution < -0.4 is 10.5 Å². The van der Waals surface area contributed by atoms with E-state index >= 15 is 0 Å². The van der Waals surface area contributed by atoms with Crippen molar-refractivity contribution in [2.45, 2.75) is 39.1 Å². The third-order valence-electron chi connectivity index (χ3n) is 5.72. The molecule has 2 heterocycles. The van der Waals surface area contributed by atoms with Crippen LogP contribution >= 0.6 is 22.7 Å². The molecule has 0 aliphatic heterocycles. The summed E-state index contributed by atoms with van der Waals surface area (Å²) in [7, 11) is 0. The van der Waals surface area contributed by atoms with E-state index in [-0.39, 0.29) is 0 Å². The van der Waals surface area contributed by atoms with Gasteiger partial charge in [-0.2, -0.15) is 0 Å². The average Bonchev–Trinajstić information content (AvgIpc) is 3.54. The zero-order valence-electron chi connectivity index (χ0n) is 19.7. The van der Waals surface area contributed by atoms with Crippen LogP contribution in [0.15, 0.2) is 78.2 Å².